The molecule has 114 valence electrons. The average Bonchev–Trinajstić information content (AvgIpc) is 2.40. The van der Waals surface area contributed by atoms with Gasteiger partial charge in [-0.05, 0) is 57.9 Å². The van der Waals surface area contributed by atoms with E-state index in [0.717, 1.165) is 25.7 Å². The third-order valence-corrected chi connectivity index (χ3v) is 3.38. The standard InChI is InChI=1S/C16H26O4/c1-13-7-5-3-2-4-6-8-14(17)9-10-15(18)11-12-16(19)20-13/h2,4,11-15,17-18H,3,5-10H2,1H3/b4-2+,12-11+. The maximum atomic E-state index is 11.5. The van der Waals surface area contributed by atoms with E-state index in [1.54, 1.807) is 0 Å². The van der Waals surface area contributed by atoms with E-state index in [1.165, 1.54) is 12.2 Å². The van der Waals surface area contributed by atoms with Gasteiger partial charge < -0.3 is 14.9 Å². The summed E-state index contributed by atoms with van der Waals surface area (Å²) in [4.78, 5) is 11.5. The Morgan fingerprint density at radius 1 is 1.10 bits per heavy atom. The zero-order valence-electron chi connectivity index (χ0n) is 12.2. The van der Waals surface area contributed by atoms with Crippen molar-refractivity contribution < 1.29 is 19.7 Å². The molecular formula is C16H26O4. The van der Waals surface area contributed by atoms with Gasteiger partial charge in [-0.3, -0.25) is 0 Å². The lowest BCUT2D eigenvalue weighted by atomic mass is 10.0. The lowest BCUT2D eigenvalue weighted by molar-refractivity contribution is -0.142. The fraction of sp³-hybridized carbons (Fsp3) is 0.688. The molecule has 3 atom stereocenters. The lowest BCUT2D eigenvalue weighted by Gasteiger charge is -2.13. The highest BCUT2D eigenvalue weighted by atomic mass is 16.5. The molecule has 4 heteroatoms. The van der Waals surface area contributed by atoms with Gasteiger partial charge in [-0.25, -0.2) is 4.79 Å². The zero-order chi connectivity index (χ0) is 14.8. The van der Waals surface area contributed by atoms with Gasteiger partial charge in [-0.15, -0.1) is 0 Å². The van der Waals surface area contributed by atoms with Crippen LogP contribution in [-0.4, -0.2) is 34.5 Å². The molecule has 0 aliphatic carbocycles. The molecule has 0 radical (unpaired) electrons. The van der Waals surface area contributed by atoms with Crippen LogP contribution in [0.15, 0.2) is 24.3 Å². The van der Waals surface area contributed by atoms with Crippen molar-refractivity contribution in [2.75, 3.05) is 0 Å². The molecule has 1 heterocycles. The summed E-state index contributed by atoms with van der Waals surface area (Å²) in [6.07, 6.45) is 11.0. The van der Waals surface area contributed by atoms with E-state index in [4.69, 9.17) is 4.74 Å². The van der Waals surface area contributed by atoms with Crippen LogP contribution < -0.4 is 0 Å². The van der Waals surface area contributed by atoms with Gasteiger partial charge in [0.2, 0.25) is 0 Å². The predicted octanol–water partition coefficient (Wildman–Crippen LogP) is 2.50. The summed E-state index contributed by atoms with van der Waals surface area (Å²) in [5.41, 5.74) is 0. The van der Waals surface area contributed by atoms with Gasteiger partial charge in [0.15, 0.2) is 0 Å². The van der Waals surface area contributed by atoms with Gasteiger partial charge in [0, 0.05) is 6.08 Å². The molecule has 0 fully saturated rings. The number of hydrogen-bond acceptors (Lipinski definition) is 4. The normalized spacial score (nSPS) is 34.1. The predicted molar refractivity (Wildman–Crippen MR) is 78.2 cm³/mol. The molecule has 4 nitrogen and oxygen atoms in total. The Morgan fingerprint density at radius 3 is 2.65 bits per heavy atom. The monoisotopic (exact) mass is 282 g/mol. The van der Waals surface area contributed by atoms with Gasteiger partial charge in [0.05, 0.1) is 18.3 Å². The van der Waals surface area contributed by atoms with Crippen molar-refractivity contribution in [2.45, 2.75) is 70.2 Å². The molecule has 0 bridgehead atoms. The summed E-state index contributed by atoms with van der Waals surface area (Å²) < 4.78 is 5.21. The Hall–Kier alpha value is -1.13. The van der Waals surface area contributed by atoms with Crippen molar-refractivity contribution in [3.05, 3.63) is 24.3 Å². The molecule has 0 saturated heterocycles. The van der Waals surface area contributed by atoms with Gasteiger partial charge in [-0.1, -0.05) is 12.2 Å². The SMILES string of the molecule is CC1CCC/C=C/CCC(O)CCC(O)/C=C/C(=O)O1. The summed E-state index contributed by atoms with van der Waals surface area (Å²) in [7, 11) is 0. The second-order valence-corrected chi connectivity index (χ2v) is 5.38. The number of hydrogen-bond donors (Lipinski definition) is 2. The Bertz CT molecular complexity index is 335. The highest BCUT2D eigenvalue weighted by Crippen LogP contribution is 2.11. The van der Waals surface area contributed by atoms with Crippen LogP contribution in [0.1, 0.15) is 51.9 Å². The minimum absolute atomic E-state index is 0.104. The summed E-state index contributed by atoms with van der Waals surface area (Å²) in [6.45, 7) is 1.88. The first-order valence-electron chi connectivity index (χ1n) is 7.48. The number of ether oxygens (including phenoxy) is 1. The molecule has 0 aromatic heterocycles. The maximum absolute atomic E-state index is 11.5. The van der Waals surface area contributed by atoms with Crippen LogP contribution in [0.25, 0.3) is 0 Å². The summed E-state index contributed by atoms with van der Waals surface area (Å²) in [6, 6.07) is 0. The number of carbonyl (C=O) groups excluding carboxylic acids is 1. The highest BCUT2D eigenvalue weighted by molar-refractivity contribution is 5.82. The smallest absolute Gasteiger partial charge is 0.330 e. The quantitative estimate of drug-likeness (QED) is 0.529. The lowest BCUT2D eigenvalue weighted by Crippen LogP contribution is -2.14. The number of esters is 1. The van der Waals surface area contributed by atoms with Crippen LogP contribution in [-0.2, 0) is 9.53 Å². The van der Waals surface area contributed by atoms with Crippen molar-refractivity contribution >= 4 is 5.97 Å². The van der Waals surface area contributed by atoms with Gasteiger partial charge >= 0.3 is 5.97 Å². The molecule has 1 aliphatic rings. The number of aliphatic hydroxyl groups excluding tert-OH is 2. The van der Waals surface area contributed by atoms with E-state index >= 15 is 0 Å². The third kappa shape index (κ3) is 8.12. The van der Waals surface area contributed by atoms with Crippen LogP contribution in [0.3, 0.4) is 0 Å². The zero-order valence-corrected chi connectivity index (χ0v) is 12.2. The first-order chi connectivity index (χ1) is 9.58. The molecular weight excluding hydrogens is 256 g/mol. The Morgan fingerprint density at radius 2 is 1.85 bits per heavy atom. The third-order valence-electron chi connectivity index (χ3n) is 3.38. The first-order valence-corrected chi connectivity index (χ1v) is 7.48. The number of carbonyl (C=O) groups is 1. The molecule has 0 amide bonds. The molecule has 20 heavy (non-hydrogen) atoms. The molecule has 3 unspecified atom stereocenters. The van der Waals surface area contributed by atoms with Crippen molar-refractivity contribution in [3.63, 3.8) is 0 Å². The van der Waals surface area contributed by atoms with Crippen molar-refractivity contribution in [2.24, 2.45) is 0 Å². The second kappa shape index (κ2) is 9.72. The molecule has 0 aromatic carbocycles. The van der Waals surface area contributed by atoms with E-state index < -0.39 is 18.2 Å². The van der Waals surface area contributed by atoms with Crippen LogP contribution in [0.5, 0.6) is 0 Å². The summed E-state index contributed by atoms with van der Waals surface area (Å²) >= 11 is 0. The fourth-order valence-corrected chi connectivity index (χ4v) is 2.14. The molecule has 0 spiro atoms. The number of aliphatic hydroxyl groups is 2. The number of allylic oxidation sites excluding steroid dienone is 2. The highest BCUT2D eigenvalue weighted by Gasteiger charge is 2.09. The Kier molecular flexibility index (Phi) is 8.23. The second-order valence-electron chi connectivity index (χ2n) is 5.38. The number of cyclic esters (lactones) is 1. The van der Waals surface area contributed by atoms with E-state index in [9.17, 15) is 15.0 Å². The summed E-state index contributed by atoms with van der Waals surface area (Å²) in [5, 5.41) is 19.5. The first kappa shape index (κ1) is 16.9. The van der Waals surface area contributed by atoms with E-state index in [2.05, 4.69) is 12.2 Å². The van der Waals surface area contributed by atoms with Gasteiger partial charge in [0.25, 0.3) is 0 Å². The van der Waals surface area contributed by atoms with E-state index in [0.29, 0.717) is 19.3 Å². The molecule has 0 saturated carbocycles. The van der Waals surface area contributed by atoms with E-state index in [1.807, 2.05) is 6.92 Å². The Balaban J connectivity index is 2.52. The van der Waals surface area contributed by atoms with E-state index in [-0.39, 0.29) is 6.10 Å². The maximum Gasteiger partial charge on any atom is 0.330 e. The molecule has 1 aliphatic heterocycles. The van der Waals surface area contributed by atoms with Crippen LogP contribution in [0.2, 0.25) is 0 Å². The number of rotatable bonds is 0. The summed E-state index contributed by atoms with van der Waals surface area (Å²) in [5.74, 6) is -0.417. The average molecular weight is 282 g/mol. The largest absolute Gasteiger partial charge is 0.460 e. The molecule has 0 aromatic rings. The van der Waals surface area contributed by atoms with Gasteiger partial charge in [-0.2, -0.15) is 0 Å². The van der Waals surface area contributed by atoms with Crippen molar-refractivity contribution in [1.82, 2.24) is 0 Å². The van der Waals surface area contributed by atoms with Crippen molar-refractivity contribution in [1.29, 1.82) is 0 Å². The van der Waals surface area contributed by atoms with Gasteiger partial charge in [0.1, 0.15) is 0 Å². The topological polar surface area (TPSA) is 66.8 Å². The van der Waals surface area contributed by atoms with Crippen molar-refractivity contribution in [3.8, 4) is 0 Å². The minimum atomic E-state index is -0.712. The van der Waals surface area contributed by atoms with Crippen LogP contribution in [0, 0.1) is 0 Å². The minimum Gasteiger partial charge on any atom is -0.460 e. The van der Waals surface area contributed by atoms with Crippen LogP contribution >= 0.6 is 0 Å². The Labute approximate surface area is 121 Å². The fourth-order valence-electron chi connectivity index (χ4n) is 2.14. The molecule has 1 rings (SSSR count). The van der Waals surface area contributed by atoms with Crippen LogP contribution in [0.4, 0.5) is 0 Å². The molecule has 2 N–H and O–H groups in total.